The number of ether oxygens (including phenoxy) is 1. The first-order valence-corrected chi connectivity index (χ1v) is 7.65. The van der Waals surface area contributed by atoms with Crippen LogP contribution in [0.15, 0.2) is 17.5 Å². The third-order valence-electron chi connectivity index (χ3n) is 3.45. The van der Waals surface area contributed by atoms with Crippen molar-refractivity contribution in [2.24, 2.45) is 0 Å². The SMILES string of the molecule is O=C(CCCc1cccs1)NCC1(O)CCOCC1. The number of thiophene rings is 1. The molecule has 0 saturated carbocycles. The highest BCUT2D eigenvalue weighted by molar-refractivity contribution is 7.09. The molecule has 1 fully saturated rings. The molecule has 2 heterocycles. The average molecular weight is 283 g/mol. The largest absolute Gasteiger partial charge is 0.388 e. The topological polar surface area (TPSA) is 58.6 Å². The van der Waals surface area contributed by atoms with Crippen molar-refractivity contribution < 1.29 is 14.6 Å². The standard InChI is InChI=1S/C14H21NO3S/c16-13(5-1-3-12-4-2-10-19-12)15-11-14(17)6-8-18-9-7-14/h2,4,10,17H,1,3,5-9,11H2,(H,15,16). The van der Waals surface area contributed by atoms with Crippen molar-refractivity contribution >= 4 is 17.2 Å². The van der Waals surface area contributed by atoms with E-state index < -0.39 is 5.60 Å². The fourth-order valence-corrected chi connectivity index (χ4v) is 2.91. The molecule has 1 amide bonds. The lowest BCUT2D eigenvalue weighted by Crippen LogP contribution is -2.46. The monoisotopic (exact) mass is 283 g/mol. The van der Waals surface area contributed by atoms with Gasteiger partial charge in [-0.15, -0.1) is 11.3 Å². The molecule has 0 atom stereocenters. The third kappa shape index (κ3) is 4.93. The fourth-order valence-electron chi connectivity index (χ4n) is 2.16. The van der Waals surface area contributed by atoms with Crippen LogP contribution in [-0.4, -0.2) is 36.4 Å². The van der Waals surface area contributed by atoms with Gasteiger partial charge in [0, 0.05) is 43.9 Å². The highest BCUT2D eigenvalue weighted by Gasteiger charge is 2.29. The molecule has 1 aromatic rings. The maximum absolute atomic E-state index is 11.7. The minimum Gasteiger partial charge on any atom is -0.388 e. The maximum Gasteiger partial charge on any atom is 0.220 e. The molecule has 0 aromatic carbocycles. The summed E-state index contributed by atoms with van der Waals surface area (Å²) in [5.74, 6) is 0.0245. The van der Waals surface area contributed by atoms with Crippen LogP contribution in [0, 0.1) is 0 Å². The molecule has 1 aliphatic heterocycles. The zero-order valence-corrected chi connectivity index (χ0v) is 11.9. The van der Waals surface area contributed by atoms with Crippen molar-refractivity contribution in [1.82, 2.24) is 5.32 Å². The molecular weight excluding hydrogens is 262 g/mol. The minimum atomic E-state index is -0.776. The van der Waals surface area contributed by atoms with Gasteiger partial charge in [-0.1, -0.05) is 6.07 Å². The average Bonchev–Trinajstić information content (AvgIpc) is 2.91. The Bertz CT molecular complexity index is 385. The van der Waals surface area contributed by atoms with Gasteiger partial charge in [0.25, 0.3) is 0 Å². The van der Waals surface area contributed by atoms with Crippen molar-refractivity contribution in [3.63, 3.8) is 0 Å². The van der Waals surface area contributed by atoms with E-state index in [1.165, 1.54) is 4.88 Å². The molecule has 2 rings (SSSR count). The molecule has 5 heteroatoms. The summed E-state index contributed by atoms with van der Waals surface area (Å²) in [6, 6.07) is 4.12. The van der Waals surface area contributed by atoms with Gasteiger partial charge in [-0.25, -0.2) is 0 Å². The lowest BCUT2D eigenvalue weighted by atomic mass is 9.94. The fraction of sp³-hybridized carbons (Fsp3) is 0.643. The minimum absolute atomic E-state index is 0.0245. The van der Waals surface area contributed by atoms with Crippen LogP contribution in [-0.2, 0) is 16.0 Å². The Kier molecular flexibility index (Phi) is 5.36. The van der Waals surface area contributed by atoms with E-state index in [0.717, 1.165) is 12.8 Å². The van der Waals surface area contributed by atoms with Gasteiger partial charge < -0.3 is 15.2 Å². The quantitative estimate of drug-likeness (QED) is 0.836. The van der Waals surface area contributed by atoms with Crippen LogP contribution in [0.2, 0.25) is 0 Å². The number of nitrogens with one attached hydrogen (secondary N) is 1. The second-order valence-corrected chi connectivity index (χ2v) is 6.08. The highest BCUT2D eigenvalue weighted by atomic mass is 32.1. The van der Waals surface area contributed by atoms with Crippen molar-refractivity contribution in [3.8, 4) is 0 Å². The summed E-state index contributed by atoms with van der Waals surface area (Å²) >= 11 is 1.72. The van der Waals surface area contributed by atoms with Gasteiger partial charge in [0.05, 0.1) is 5.60 Å². The van der Waals surface area contributed by atoms with Crippen molar-refractivity contribution in [2.75, 3.05) is 19.8 Å². The van der Waals surface area contributed by atoms with Crippen molar-refractivity contribution in [2.45, 2.75) is 37.7 Å². The van der Waals surface area contributed by atoms with E-state index in [1.54, 1.807) is 11.3 Å². The second kappa shape index (κ2) is 7.03. The normalized spacial score (nSPS) is 18.2. The molecule has 0 radical (unpaired) electrons. The number of carbonyl (C=O) groups excluding carboxylic acids is 1. The summed E-state index contributed by atoms with van der Waals surface area (Å²) in [7, 11) is 0. The molecule has 2 N–H and O–H groups in total. The number of rotatable bonds is 6. The zero-order chi connectivity index (χ0) is 13.6. The molecule has 0 aliphatic carbocycles. The maximum atomic E-state index is 11.7. The lowest BCUT2D eigenvalue weighted by molar-refractivity contribution is -0.124. The Morgan fingerprint density at radius 2 is 2.26 bits per heavy atom. The molecule has 106 valence electrons. The van der Waals surface area contributed by atoms with Crippen molar-refractivity contribution in [1.29, 1.82) is 0 Å². The highest BCUT2D eigenvalue weighted by Crippen LogP contribution is 2.19. The predicted molar refractivity (Wildman–Crippen MR) is 75.3 cm³/mol. The first-order chi connectivity index (χ1) is 9.18. The Hall–Kier alpha value is -0.910. The number of hydrogen-bond acceptors (Lipinski definition) is 4. The second-order valence-electron chi connectivity index (χ2n) is 5.05. The summed E-state index contributed by atoms with van der Waals surface area (Å²) in [6.07, 6.45) is 3.52. The van der Waals surface area contributed by atoms with Crippen LogP contribution in [0.3, 0.4) is 0 Å². The summed E-state index contributed by atoms with van der Waals surface area (Å²) < 4.78 is 5.21. The molecule has 0 unspecified atom stereocenters. The first-order valence-electron chi connectivity index (χ1n) is 6.77. The van der Waals surface area contributed by atoms with Crippen LogP contribution >= 0.6 is 11.3 Å². The van der Waals surface area contributed by atoms with Gasteiger partial charge in [0.2, 0.25) is 5.91 Å². The molecular formula is C14H21NO3S. The lowest BCUT2D eigenvalue weighted by Gasteiger charge is -2.32. The number of amides is 1. The Balaban J connectivity index is 1.61. The number of carbonyl (C=O) groups is 1. The van der Waals surface area contributed by atoms with Crippen LogP contribution in [0.5, 0.6) is 0 Å². The predicted octanol–water partition coefficient (Wildman–Crippen LogP) is 1.73. The van der Waals surface area contributed by atoms with E-state index in [0.29, 0.717) is 39.0 Å². The van der Waals surface area contributed by atoms with Crippen molar-refractivity contribution in [3.05, 3.63) is 22.4 Å². The van der Waals surface area contributed by atoms with Crippen LogP contribution < -0.4 is 5.32 Å². The van der Waals surface area contributed by atoms with Gasteiger partial charge in [-0.2, -0.15) is 0 Å². The van der Waals surface area contributed by atoms with E-state index >= 15 is 0 Å². The third-order valence-corrected chi connectivity index (χ3v) is 4.38. The van der Waals surface area contributed by atoms with Gasteiger partial charge >= 0.3 is 0 Å². The smallest absolute Gasteiger partial charge is 0.220 e. The molecule has 1 aliphatic rings. The van der Waals surface area contributed by atoms with Crippen LogP contribution in [0.4, 0.5) is 0 Å². The van der Waals surface area contributed by atoms with E-state index in [2.05, 4.69) is 16.8 Å². The van der Waals surface area contributed by atoms with Crippen LogP contribution in [0.25, 0.3) is 0 Å². The molecule has 0 bridgehead atoms. The number of aryl methyl sites for hydroxylation is 1. The summed E-state index contributed by atoms with van der Waals surface area (Å²) in [5, 5.41) is 15.1. The van der Waals surface area contributed by atoms with Crippen LogP contribution in [0.1, 0.15) is 30.6 Å². The summed E-state index contributed by atoms with van der Waals surface area (Å²) in [5.41, 5.74) is -0.776. The first kappa shape index (κ1) is 14.5. The number of aliphatic hydroxyl groups is 1. The van der Waals surface area contributed by atoms with Gasteiger partial charge in [0.15, 0.2) is 0 Å². The zero-order valence-electron chi connectivity index (χ0n) is 11.1. The molecule has 1 saturated heterocycles. The Morgan fingerprint density at radius 1 is 1.47 bits per heavy atom. The van der Waals surface area contributed by atoms with E-state index in [-0.39, 0.29) is 5.91 Å². The Labute approximate surface area is 117 Å². The molecule has 4 nitrogen and oxygen atoms in total. The number of hydrogen-bond donors (Lipinski definition) is 2. The summed E-state index contributed by atoms with van der Waals surface area (Å²) in [4.78, 5) is 13.0. The van der Waals surface area contributed by atoms with E-state index in [4.69, 9.17) is 4.74 Å². The van der Waals surface area contributed by atoms with Gasteiger partial charge in [-0.05, 0) is 24.3 Å². The summed E-state index contributed by atoms with van der Waals surface area (Å²) in [6.45, 7) is 1.49. The Morgan fingerprint density at radius 3 is 2.95 bits per heavy atom. The molecule has 19 heavy (non-hydrogen) atoms. The molecule has 1 aromatic heterocycles. The molecule has 0 spiro atoms. The van der Waals surface area contributed by atoms with E-state index in [9.17, 15) is 9.90 Å². The van der Waals surface area contributed by atoms with Gasteiger partial charge in [-0.3, -0.25) is 4.79 Å². The van der Waals surface area contributed by atoms with Gasteiger partial charge in [0.1, 0.15) is 0 Å². The van der Waals surface area contributed by atoms with E-state index in [1.807, 2.05) is 6.07 Å².